The van der Waals surface area contributed by atoms with Crippen LogP contribution in [0.4, 0.5) is 8.78 Å². The molecule has 1 aromatic carbocycles. The van der Waals surface area contributed by atoms with Crippen molar-refractivity contribution in [2.45, 2.75) is 12.8 Å². The van der Waals surface area contributed by atoms with Gasteiger partial charge in [-0.25, -0.2) is 13.8 Å². The first-order valence-corrected chi connectivity index (χ1v) is 5.73. The Hall–Kier alpha value is -2.57. The minimum atomic E-state index is -1.04. The lowest BCUT2D eigenvalue weighted by atomic mass is 10.1. The molecular weight excluding hydrogens is 270 g/mol. The third-order valence-electron chi connectivity index (χ3n) is 2.67. The third-order valence-corrected chi connectivity index (χ3v) is 2.67. The van der Waals surface area contributed by atoms with E-state index in [-0.39, 0.29) is 29.8 Å². The van der Waals surface area contributed by atoms with E-state index in [2.05, 4.69) is 9.97 Å². The molecule has 0 aliphatic rings. The summed E-state index contributed by atoms with van der Waals surface area (Å²) in [7, 11) is 0. The summed E-state index contributed by atoms with van der Waals surface area (Å²) in [5, 5.41) is 8.54. The molecule has 5 nitrogen and oxygen atoms in total. The number of hydrogen-bond donors (Lipinski definition) is 2. The van der Waals surface area contributed by atoms with Crippen LogP contribution in [0.3, 0.4) is 0 Å². The zero-order valence-corrected chi connectivity index (χ0v) is 10.2. The van der Waals surface area contributed by atoms with Crippen LogP contribution in [-0.2, 0) is 11.2 Å². The molecule has 2 rings (SSSR count). The van der Waals surface area contributed by atoms with E-state index in [9.17, 15) is 18.4 Å². The van der Waals surface area contributed by atoms with Gasteiger partial charge in [-0.1, -0.05) is 0 Å². The molecule has 0 fully saturated rings. The lowest BCUT2D eigenvalue weighted by molar-refractivity contribution is -0.136. The van der Waals surface area contributed by atoms with Crippen LogP contribution in [0.1, 0.15) is 12.0 Å². The smallest absolute Gasteiger partial charge is 0.303 e. The van der Waals surface area contributed by atoms with Crippen molar-refractivity contribution in [1.29, 1.82) is 0 Å². The molecule has 2 N–H and O–H groups in total. The number of rotatable bonds is 4. The summed E-state index contributed by atoms with van der Waals surface area (Å²) in [6, 6.07) is 3.14. The molecule has 1 aromatic heterocycles. The van der Waals surface area contributed by atoms with Crippen LogP contribution in [-0.4, -0.2) is 21.0 Å². The Labute approximate surface area is 111 Å². The summed E-state index contributed by atoms with van der Waals surface area (Å²) < 4.78 is 25.9. The van der Waals surface area contributed by atoms with Gasteiger partial charge in [-0.3, -0.25) is 9.59 Å². The number of carbonyl (C=O) groups is 1. The second-order valence-electron chi connectivity index (χ2n) is 4.11. The molecule has 0 amide bonds. The highest BCUT2D eigenvalue weighted by molar-refractivity contribution is 5.67. The summed E-state index contributed by atoms with van der Waals surface area (Å²) in [6.45, 7) is 0. The van der Waals surface area contributed by atoms with Gasteiger partial charge in [0.25, 0.3) is 5.56 Å². The molecule has 0 aliphatic heterocycles. The predicted molar refractivity (Wildman–Crippen MR) is 66.2 cm³/mol. The van der Waals surface area contributed by atoms with Gasteiger partial charge in [0.1, 0.15) is 5.82 Å². The molecule has 0 bridgehead atoms. The minimum Gasteiger partial charge on any atom is -0.481 e. The van der Waals surface area contributed by atoms with Gasteiger partial charge in [0.05, 0.1) is 0 Å². The Morgan fingerprint density at radius 1 is 1.30 bits per heavy atom. The highest BCUT2D eigenvalue weighted by Crippen LogP contribution is 2.16. The van der Waals surface area contributed by atoms with Gasteiger partial charge < -0.3 is 10.1 Å². The average molecular weight is 280 g/mol. The molecule has 1 heterocycles. The van der Waals surface area contributed by atoms with E-state index in [1.165, 1.54) is 12.3 Å². The van der Waals surface area contributed by atoms with E-state index in [0.29, 0.717) is 0 Å². The number of aryl methyl sites for hydroxylation is 1. The number of halogens is 2. The number of carboxylic acid groups (broad SMARTS) is 1. The van der Waals surface area contributed by atoms with Crippen molar-refractivity contribution < 1.29 is 18.7 Å². The molecule has 0 aliphatic carbocycles. The first-order chi connectivity index (χ1) is 9.47. The number of nitrogens with zero attached hydrogens (tertiary/aromatic N) is 1. The fourth-order valence-corrected chi connectivity index (χ4v) is 1.63. The summed E-state index contributed by atoms with van der Waals surface area (Å²) in [5.41, 5.74) is -0.0505. The maximum absolute atomic E-state index is 13.1. The number of nitrogens with one attached hydrogen (secondary N) is 1. The van der Waals surface area contributed by atoms with Gasteiger partial charge in [0, 0.05) is 23.7 Å². The zero-order valence-electron chi connectivity index (χ0n) is 10.2. The van der Waals surface area contributed by atoms with Crippen molar-refractivity contribution in [1.82, 2.24) is 9.97 Å². The number of aliphatic carboxylic acids is 1. The lowest BCUT2D eigenvalue weighted by Crippen LogP contribution is -2.15. The number of aromatic amines is 1. The topological polar surface area (TPSA) is 83.0 Å². The first kappa shape index (κ1) is 13.9. The molecule has 0 atom stereocenters. The minimum absolute atomic E-state index is 0.0513. The highest BCUT2D eigenvalue weighted by atomic mass is 19.2. The average Bonchev–Trinajstić information content (AvgIpc) is 2.40. The van der Waals surface area contributed by atoms with Crippen molar-refractivity contribution in [2.75, 3.05) is 0 Å². The van der Waals surface area contributed by atoms with Gasteiger partial charge in [-0.2, -0.15) is 0 Å². The Morgan fingerprint density at radius 3 is 2.65 bits per heavy atom. The van der Waals surface area contributed by atoms with E-state index in [4.69, 9.17) is 5.11 Å². The normalized spacial score (nSPS) is 10.5. The van der Waals surface area contributed by atoms with Gasteiger partial charge in [-0.15, -0.1) is 0 Å². The van der Waals surface area contributed by atoms with Gasteiger partial charge in [-0.05, 0) is 24.6 Å². The Balaban J connectivity index is 2.30. The monoisotopic (exact) mass is 280 g/mol. The second kappa shape index (κ2) is 5.60. The fourth-order valence-electron chi connectivity index (χ4n) is 1.63. The van der Waals surface area contributed by atoms with Crippen LogP contribution in [0.25, 0.3) is 11.4 Å². The maximum Gasteiger partial charge on any atom is 0.303 e. The zero-order chi connectivity index (χ0) is 14.7. The highest BCUT2D eigenvalue weighted by Gasteiger charge is 2.09. The molecule has 20 heavy (non-hydrogen) atoms. The SMILES string of the molecule is O=C(O)CCc1cnc(-c2ccc(F)c(F)c2)[nH]c1=O. The van der Waals surface area contributed by atoms with E-state index in [1.54, 1.807) is 0 Å². The summed E-state index contributed by atoms with van der Waals surface area (Å²) in [5.74, 6) is -2.96. The molecular formula is C13H10F2N2O3. The van der Waals surface area contributed by atoms with Crippen molar-refractivity contribution >= 4 is 5.97 Å². The predicted octanol–water partition coefficient (Wildman–Crippen LogP) is 1.73. The van der Waals surface area contributed by atoms with Crippen LogP contribution >= 0.6 is 0 Å². The summed E-state index contributed by atoms with van der Waals surface area (Å²) in [6.07, 6.45) is 1.10. The summed E-state index contributed by atoms with van der Waals surface area (Å²) >= 11 is 0. The largest absolute Gasteiger partial charge is 0.481 e. The van der Waals surface area contributed by atoms with Crippen LogP contribution in [0, 0.1) is 11.6 Å². The van der Waals surface area contributed by atoms with Crippen molar-refractivity contribution in [3.63, 3.8) is 0 Å². The molecule has 104 valence electrons. The molecule has 0 spiro atoms. The molecule has 7 heteroatoms. The van der Waals surface area contributed by atoms with Crippen molar-refractivity contribution in [3.05, 3.63) is 51.9 Å². The van der Waals surface area contributed by atoms with Crippen molar-refractivity contribution in [3.8, 4) is 11.4 Å². The third kappa shape index (κ3) is 3.05. The Morgan fingerprint density at radius 2 is 2.05 bits per heavy atom. The standard InChI is InChI=1S/C13H10F2N2O3/c14-9-3-1-7(5-10(9)15)12-16-6-8(13(20)17-12)2-4-11(18)19/h1,3,5-6H,2,4H2,(H,18,19)(H,16,17,20). The Kier molecular flexibility index (Phi) is 3.88. The molecule has 0 unspecified atom stereocenters. The van der Waals surface area contributed by atoms with Crippen LogP contribution in [0.5, 0.6) is 0 Å². The van der Waals surface area contributed by atoms with Gasteiger partial charge >= 0.3 is 5.97 Å². The van der Waals surface area contributed by atoms with Gasteiger partial charge in [0.15, 0.2) is 11.6 Å². The lowest BCUT2D eigenvalue weighted by Gasteiger charge is -2.03. The van der Waals surface area contributed by atoms with Crippen molar-refractivity contribution in [2.24, 2.45) is 0 Å². The first-order valence-electron chi connectivity index (χ1n) is 5.73. The number of benzene rings is 1. The second-order valence-corrected chi connectivity index (χ2v) is 4.11. The number of aromatic nitrogens is 2. The molecule has 0 saturated carbocycles. The molecule has 0 radical (unpaired) electrons. The maximum atomic E-state index is 13.1. The molecule has 0 saturated heterocycles. The number of hydrogen-bond acceptors (Lipinski definition) is 3. The van der Waals surface area contributed by atoms with Crippen LogP contribution in [0.15, 0.2) is 29.2 Å². The van der Waals surface area contributed by atoms with Crippen LogP contribution in [0.2, 0.25) is 0 Å². The quantitative estimate of drug-likeness (QED) is 0.893. The molecule has 2 aromatic rings. The van der Waals surface area contributed by atoms with E-state index < -0.39 is 23.2 Å². The fraction of sp³-hybridized carbons (Fsp3) is 0.154. The number of carboxylic acids is 1. The van der Waals surface area contributed by atoms with Crippen LogP contribution < -0.4 is 5.56 Å². The van der Waals surface area contributed by atoms with Gasteiger partial charge in [0.2, 0.25) is 0 Å². The summed E-state index contributed by atoms with van der Waals surface area (Å²) in [4.78, 5) is 28.5. The number of H-pyrrole nitrogens is 1. The van der Waals surface area contributed by atoms with E-state index in [1.807, 2.05) is 0 Å². The Bertz CT molecular complexity index is 713. The van der Waals surface area contributed by atoms with E-state index >= 15 is 0 Å². The van der Waals surface area contributed by atoms with E-state index in [0.717, 1.165) is 12.1 Å².